The van der Waals surface area contributed by atoms with Crippen molar-refractivity contribution < 1.29 is 0 Å². The maximum absolute atomic E-state index is 4.39. The zero-order valence-electron chi connectivity index (χ0n) is 8.44. The van der Waals surface area contributed by atoms with Gasteiger partial charge in [0, 0.05) is 23.2 Å². The third kappa shape index (κ3) is 1.26. The third-order valence-electron chi connectivity index (χ3n) is 2.59. The molecule has 2 nitrogen and oxygen atoms in total. The minimum Gasteiger partial charge on any atom is -0.254 e. The predicted molar refractivity (Wildman–Crippen MR) is 61.8 cm³/mol. The first-order chi connectivity index (χ1) is 7.34. The van der Waals surface area contributed by atoms with E-state index in [2.05, 4.69) is 35.1 Å². The van der Waals surface area contributed by atoms with Crippen LogP contribution in [0.25, 0.3) is 21.8 Å². The van der Waals surface area contributed by atoms with Crippen molar-refractivity contribution in [3.63, 3.8) is 0 Å². The molecule has 0 aliphatic rings. The zero-order chi connectivity index (χ0) is 10.3. The standard InChI is InChI=1S/C13H10N2/c1-9-4-5-10-8-15-12-3-2-6-14-13(12)11(10)7-9/h2-8H,1H3. The van der Waals surface area contributed by atoms with Gasteiger partial charge < -0.3 is 0 Å². The number of fused-ring (bicyclic) bond motifs is 3. The molecule has 0 N–H and O–H groups in total. The summed E-state index contributed by atoms with van der Waals surface area (Å²) in [5, 5.41) is 2.33. The third-order valence-corrected chi connectivity index (χ3v) is 2.59. The Labute approximate surface area is 87.6 Å². The molecule has 0 amide bonds. The average molecular weight is 194 g/mol. The minimum absolute atomic E-state index is 0.954. The van der Waals surface area contributed by atoms with Crippen LogP contribution >= 0.6 is 0 Å². The Morgan fingerprint density at radius 1 is 1.07 bits per heavy atom. The van der Waals surface area contributed by atoms with Crippen molar-refractivity contribution in [1.29, 1.82) is 0 Å². The summed E-state index contributed by atoms with van der Waals surface area (Å²) in [4.78, 5) is 8.76. The van der Waals surface area contributed by atoms with Gasteiger partial charge in [-0.15, -0.1) is 0 Å². The van der Waals surface area contributed by atoms with E-state index in [0.717, 1.165) is 16.4 Å². The van der Waals surface area contributed by atoms with Crippen LogP contribution in [-0.2, 0) is 0 Å². The Morgan fingerprint density at radius 2 is 2.00 bits per heavy atom. The number of aromatic nitrogens is 2. The summed E-state index contributed by atoms with van der Waals surface area (Å²) in [6.07, 6.45) is 3.71. The fourth-order valence-electron chi connectivity index (χ4n) is 1.84. The van der Waals surface area contributed by atoms with Crippen molar-refractivity contribution in [2.75, 3.05) is 0 Å². The largest absolute Gasteiger partial charge is 0.254 e. The molecule has 72 valence electrons. The van der Waals surface area contributed by atoms with E-state index in [1.54, 1.807) is 0 Å². The molecule has 0 aliphatic heterocycles. The Balaban J connectivity index is 2.57. The molecule has 3 rings (SSSR count). The molecule has 0 spiro atoms. The number of benzene rings is 1. The Bertz CT molecular complexity index is 644. The highest BCUT2D eigenvalue weighted by Gasteiger charge is 2.01. The fraction of sp³-hybridized carbons (Fsp3) is 0.0769. The molecule has 0 saturated carbocycles. The van der Waals surface area contributed by atoms with Crippen molar-refractivity contribution in [2.24, 2.45) is 0 Å². The van der Waals surface area contributed by atoms with Crippen LogP contribution in [0.4, 0.5) is 0 Å². The Kier molecular flexibility index (Phi) is 1.68. The van der Waals surface area contributed by atoms with Gasteiger partial charge in [0.2, 0.25) is 0 Å². The summed E-state index contributed by atoms with van der Waals surface area (Å²) < 4.78 is 0. The second kappa shape index (κ2) is 3.02. The van der Waals surface area contributed by atoms with Crippen molar-refractivity contribution in [3.05, 3.63) is 48.3 Å². The maximum Gasteiger partial charge on any atom is 0.0965 e. The highest BCUT2D eigenvalue weighted by molar-refractivity contribution is 6.02. The molecule has 0 fully saturated rings. The van der Waals surface area contributed by atoms with E-state index in [0.29, 0.717) is 0 Å². The van der Waals surface area contributed by atoms with Crippen LogP contribution in [-0.4, -0.2) is 9.97 Å². The number of rotatable bonds is 0. The fourth-order valence-corrected chi connectivity index (χ4v) is 1.84. The van der Waals surface area contributed by atoms with Gasteiger partial charge in [0.15, 0.2) is 0 Å². The normalized spacial score (nSPS) is 11.0. The molecule has 2 aromatic heterocycles. The summed E-state index contributed by atoms with van der Waals surface area (Å²) in [5.41, 5.74) is 3.19. The summed E-state index contributed by atoms with van der Waals surface area (Å²) in [6.45, 7) is 2.09. The van der Waals surface area contributed by atoms with E-state index in [-0.39, 0.29) is 0 Å². The second-order valence-electron chi connectivity index (χ2n) is 3.72. The number of hydrogen-bond donors (Lipinski definition) is 0. The molecule has 0 radical (unpaired) electrons. The second-order valence-corrected chi connectivity index (χ2v) is 3.72. The van der Waals surface area contributed by atoms with Crippen LogP contribution in [0.2, 0.25) is 0 Å². The zero-order valence-corrected chi connectivity index (χ0v) is 8.44. The Hall–Kier alpha value is -1.96. The lowest BCUT2D eigenvalue weighted by atomic mass is 10.1. The SMILES string of the molecule is Cc1ccc2cnc3cccnc3c2c1. The quantitative estimate of drug-likeness (QED) is 0.514. The Morgan fingerprint density at radius 3 is 2.93 bits per heavy atom. The van der Waals surface area contributed by atoms with Crippen LogP contribution in [0.15, 0.2) is 42.7 Å². The molecule has 1 aromatic carbocycles. The number of nitrogens with zero attached hydrogens (tertiary/aromatic N) is 2. The van der Waals surface area contributed by atoms with Gasteiger partial charge in [0.25, 0.3) is 0 Å². The molecule has 15 heavy (non-hydrogen) atoms. The van der Waals surface area contributed by atoms with Gasteiger partial charge in [0.05, 0.1) is 11.0 Å². The molecule has 0 bridgehead atoms. The van der Waals surface area contributed by atoms with E-state index in [1.807, 2.05) is 24.5 Å². The molecule has 0 aliphatic carbocycles. The van der Waals surface area contributed by atoms with Crippen molar-refractivity contribution >= 4 is 21.8 Å². The molecule has 0 saturated heterocycles. The molecule has 2 heteroatoms. The smallest absolute Gasteiger partial charge is 0.0965 e. The topological polar surface area (TPSA) is 25.8 Å². The first-order valence-corrected chi connectivity index (χ1v) is 4.95. The molecule has 3 aromatic rings. The molecule has 0 unspecified atom stereocenters. The van der Waals surface area contributed by atoms with Crippen molar-refractivity contribution in [2.45, 2.75) is 6.92 Å². The highest BCUT2D eigenvalue weighted by atomic mass is 14.7. The lowest BCUT2D eigenvalue weighted by Gasteiger charge is -2.02. The molecular weight excluding hydrogens is 184 g/mol. The van der Waals surface area contributed by atoms with E-state index >= 15 is 0 Å². The first kappa shape index (κ1) is 8.36. The summed E-state index contributed by atoms with van der Waals surface area (Å²) in [7, 11) is 0. The van der Waals surface area contributed by atoms with Crippen LogP contribution < -0.4 is 0 Å². The van der Waals surface area contributed by atoms with Crippen LogP contribution in [0.1, 0.15) is 5.56 Å². The molecular formula is C13H10N2. The van der Waals surface area contributed by atoms with Gasteiger partial charge in [-0.3, -0.25) is 9.97 Å². The summed E-state index contributed by atoms with van der Waals surface area (Å²) >= 11 is 0. The van der Waals surface area contributed by atoms with Crippen LogP contribution in [0.3, 0.4) is 0 Å². The molecule has 0 atom stereocenters. The number of aryl methyl sites for hydroxylation is 1. The van der Waals surface area contributed by atoms with Crippen LogP contribution in [0, 0.1) is 6.92 Å². The van der Waals surface area contributed by atoms with Gasteiger partial charge >= 0.3 is 0 Å². The molecule has 2 heterocycles. The monoisotopic (exact) mass is 194 g/mol. The van der Waals surface area contributed by atoms with Gasteiger partial charge in [0.1, 0.15) is 0 Å². The summed E-state index contributed by atoms with van der Waals surface area (Å²) in [5.74, 6) is 0. The van der Waals surface area contributed by atoms with E-state index in [4.69, 9.17) is 0 Å². The van der Waals surface area contributed by atoms with E-state index in [1.165, 1.54) is 10.9 Å². The first-order valence-electron chi connectivity index (χ1n) is 4.95. The van der Waals surface area contributed by atoms with Crippen LogP contribution in [0.5, 0.6) is 0 Å². The van der Waals surface area contributed by atoms with Gasteiger partial charge in [-0.1, -0.05) is 17.7 Å². The number of pyridine rings is 2. The number of hydrogen-bond acceptors (Lipinski definition) is 2. The average Bonchev–Trinajstić information content (AvgIpc) is 2.29. The maximum atomic E-state index is 4.39. The van der Waals surface area contributed by atoms with Crippen molar-refractivity contribution in [3.8, 4) is 0 Å². The summed E-state index contributed by atoms with van der Waals surface area (Å²) in [6, 6.07) is 10.2. The van der Waals surface area contributed by atoms with Gasteiger partial charge in [-0.25, -0.2) is 0 Å². The van der Waals surface area contributed by atoms with Gasteiger partial charge in [-0.2, -0.15) is 0 Å². The van der Waals surface area contributed by atoms with Gasteiger partial charge in [-0.05, 0) is 25.1 Å². The highest BCUT2D eigenvalue weighted by Crippen LogP contribution is 2.22. The lowest BCUT2D eigenvalue weighted by Crippen LogP contribution is -1.85. The van der Waals surface area contributed by atoms with E-state index < -0.39 is 0 Å². The lowest BCUT2D eigenvalue weighted by molar-refractivity contribution is 1.36. The minimum atomic E-state index is 0.954. The van der Waals surface area contributed by atoms with Crippen molar-refractivity contribution in [1.82, 2.24) is 9.97 Å². The van der Waals surface area contributed by atoms with E-state index in [9.17, 15) is 0 Å². The predicted octanol–water partition coefficient (Wildman–Crippen LogP) is 3.09.